The first-order valence-electron chi connectivity index (χ1n) is 8.52. The van der Waals surface area contributed by atoms with E-state index in [4.69, 9.17) is 4.74 Å². The molecule has 1 unspecified atom stereocenters. The van der Waals surface area contributed by atoms with E-state index in [2.05, 4.69) is 21.2 Å². The fourth-order valence-electron chi connectivity index (χ4n) is 3.03. The number of carbonyl (C=O) groups excluding carboxylic acids is 3. The van der Waals surface area contributed by atoms with Crippen LogP contribution in [-0.4, -0.2) is 35.8 Å². The SMILES string of the molecule is CCOc1ccc(C(=O)CN2C(=O)NC(C)(c3ccccc3Br)C2=O)cc1. The van der Waals surface area contributed by atoms with Crippen molar-refractivity contribution in [3.8, 4) is 5.75 Å². The molecule has 1 aliphatic rings. The highest BCUT2D eigenvalue weighted by molar-refractivity contribution is 9.10. The molecule has 1 N–H and O–H groups in total. The molecule has 3 rings (SSSR count). The van der Waals surface area contributed by atoms with Crippen LogP contribution >= 0.6 is 15.9 Å². The van der Waals surface area contributed by atoms with Crippen LogP contribution in [0.25, 0.3) is 0 Å². The zero-order valence-corrected chi connectivity index (χ0v) is 16.6. The second kappa shape index (κ2) is 7.52. The molecule has 0 spiro atoms. The smallest absolute Gasteiger partial charge is 0.325 e. The Hall–Kier alpha value is -2.67. The molecular weight excluding hydrogens is 412 g/mol. The van der Waals surface area contributed by atoms with E-state index >= 15 is 0 Å². The van der Waals surface area contributed by atoms with Gasteiger partial charge in [-0.05, 0) is 44.2 Å². The molecule has 7 heteroatoms. The Kier molecular flexibility index (Phi) is 5.32. The lowest BCUT2D eigenvalue weighted by molar-refractivity contribution is -0.130. The molecule has 1 fully saturated rings. The quantitative estimate of drug-likeness (QED) is 0.561. The number of urea groups is 1. The molecular formula is C20H19BrN2O4. The fourth-order valence-corrected chi connectivity index (χ4v) is 3.71. The molecule has 0 radical (unpaired) electrons. The highest BCUT2D eigenvalue weighted by Gasteiger charge is 2.50. The van der Waals surface area contributed by atoms with Gasteiger partial charge in [0.1, 0.15) is 11.3 Å². The molecule has 0 aliphatic carbocycles. The fraction of sp³-hybridized carbons (Fsp3) is 0.250. The summed E-state index contributed by atoms with van der Waals surface area (Å²) in [6, 6.07) is 13.2. The average Bonchev–Trinajstić information content (AvgIpc) is 2.87. The van der Waals surface area contributed by atoms with Gasteiger partial charge >= 0.3 is 6.03 Å². The maximum atomic E-state index is 12.9. The first-order chi connectivity index (χ1) is 12.9. The normalized spacial score (nSPS) is 19.1. The monoisotopic (exact) mass is 430 g/mol. The number of hydrogen-bond acceptors (Lipinski definition) is 4. The Morgan fingerprint density at radius 2 is 1.81 bits per heavy atom. The number of benzene rings is 2. The molecule has 6 nitrogen and oxygen atoms in total. The summed E-state index contributed by atoms with van der Waals surface area (Å²) in [7, 11) is 0. The summed E-state index contributed by atoms with van der Waals surface area (Å²) < 4.78 is 6.06. The summed E-state index contributed by atoms with van der Waals surface area (Å²) in [5, 5.41) is 2.71. The number of Topliss-reactive ketones (excluding diaryl/α,β-unsaturated/α-hetero) is 1. The molecule has 140 valence electrons. The van der Waals surface area contributed by atoms with Crippen molar-refractivity contribution in [3.63, 3.8) is 0 Å². The molecule has 1 atom stereocenters. The minimum atomic E-state index is -1.23. The Bertz CT molecular complexity index is 897. The summed E-state index contributed by atoms with van der Waals surface area (Å²) >= 11 is 3.42. The van der Waals surface area contributed by atoms with E-state index < -0.39 is 17.5 Å². The van der Waals surface area contributed by atoms with E-state index in [1.165, 1.54) is 0 Å². The number of halogens is 1. The molecule has 3 amide bonds. The first-order valence-corrected chi connectivity index (χ1v) is 9.31. The minimum absolute atomic E-state index is 0.321. The van der Waals surface area contributed by atoms with Crippen LogP contribution in [0.1, 0.15) is 29.8 Å². The molecule has 0 aromatic heterocycles. The molecule has 27 heavy (non-hydrogen) atoms. The largest absolute Gasteiger partial charge is 0.494 e. The van der Waals surface area contributed by atoms with Crippen LogP contribution in [-0.2, 0) is 10.3 Å². The molecule has 2 aromatic rings. The van der Waals surface area contributed by atoms with Crippen molar-refractivity contribution in [3.05, 3.63) is 64.1 Å². The number of ether oxygens (including phenoxy) is 1. The zero-order chi connectivity index (χ0) is 19.6. The summed E-state index contributed by atoms with van der Waals surface area (Å²) in [6.07, 6.45) is 0. The standard InChI is InChI=1S/C20H19BrN2O4/c1-3-27-14-10-8-13(9-11-14)17(24)12-23-18(25)20(2,22-19(23)26)15-6-4-5-7-16(15)21/h4-11H,3,12H2,1-2H3,(H,22,26). The van der Waals surface area contributed by atoms with Crippen molar-refractivity contribution < 1.29 is 19.1 Å². The topological polar surface area (TPSA) is 75.7 Å². The van der Waals surface area contributed by atoms with E-state index in [1.54, 1.807) is 49.4 Å². The van der Waals surface area contributed by atoms with Gasteiger partial charge in [0.2, 0.25) is 0 Å². The Morgan fingerprint density at radius 1 is 1.15 bits per heavy atom. The van der Waals surface area contributed by atoms with Crippen molar-refractivity contribution in [1.29, 1.82) is 0 Å². The third-order valence-electron chi connectivity index (χ3n) is 4.48. The van der Waals surface area contributed by atoms with Gasteiger partial charge in [-0.1, -0.05) is 34.1 Å². The van der Waals surface area contributed by atoms with E-state index in [-0.39, 0.29) is 12.3 Å². The van der Waals surface area contributed by atoms with E-state index in [1.807, 2.05) is 13.0 Å². The number of rotatable bonds is 6. The predicted octanol–water partition coefficient (Wildman–Crippen LogP) is 3.50. The van der Waals surface area contributed by atoms with Crippen molar-refractivity contribution in [2.24, 2.45) is 0 Å². The Balaban J connectivity index is 1.79. The molecule has 1 saturated heterocycles. The molecule has 1 aliphatic heterocycles. The van der Waals surface area contributed by atoms with Crippen molar-refractivity contribution >= 4 is 33.7 Å². The van der Waals surface area contributed by atoms with E-state index in [0.29, 0.717) is 28.0 Å². The second-order valence-corrected chi connectivity index (χ2v) is 7.16. The van der Waals surface area contributed by atoms with Gasteiger partial charge in [-0.15, -0.1) is 0 Å². The Labute approximate surface area is 165 Å². The molecule has 0 saturated carbocycles. The number of ketones is 1. The Morgan fingerprint density at radius 3 is 2.44 bits per heavy atom. The third-order valence-corrected chi connectivity index (χ3v) is 5.17. The van der Waals surface area contributed by atoms with Crippen LogP contribution in [0.15, 0.2) is 53.0 Å². The van der Waals surface area contributed by atoms with Gasteiger partial charge in [0.25, 0.3) is 5.91 Å². The van der Waals surface area contributed by atoms with Crippen LogP contribution in [0, 0.1) is 0 Å². The summed E-state index contributed by atoms with van der Waals surface area (Å²) in [6.45, 7) is 3.72. The summed E-state index contributed by atoms with van der Waals surface area (Å²) in [5.41, 5.74) is -0.177. The number of hydrogen-bond donors (Lipinski definition) is 1. The molecule has 2 aromatic carbocycles. The number of carbonyl (C=O) groups is 3. The van der Waals surface area contributed by atoms with Crippen LogP contribution in [0.5, 0.6) is 5.75 Å². The molecule has 0 bridgehead atoms. The van der Waals surface area contributed by atoms with Gasteiger partial charge in [0.05, 0.1) is 13.2 Å². The van der Waals surface area contributed by atoms with Gasteiger partial charge in [0.15, 0.2) is 5.78 Å². The highest BCUT2D eigenvalue weighted by Crippen LogP contribution is 2.33. The van der Waals surface area contributed by atoms with Gasteiger partial charge in [-0.2, -0.15) is 0 Å². The predicted molar refractivity (Wildman–Crippen MR) is 104 cm³/mol. The van der Waals surface area contributed by atoms with Crippen LogP contribution in [0.2, 0.25) is 0 Å². The van der Waals surface area contributed by atoms with Crippen LogP contribution in [0.4, 0.5) is 4.79 Å². The third kappa shape index (κ3) is 3.60. The van der Waals surface area contributed by atoms with E-state index in [9.17, 15) is 14.4 Å². The molecule has 1 heterocycles. The first kappa shape index (κ1) is 19.1. The minimum Gasteiger partial charge on any atom is -0.494 e. The van der Waals surface area contributed by atoms with Crippen molar-refractivity contribution in [1.82, 2.24) is 10.2 Å². The van der Waals surface area contributed by atoms with Crippen LogP contribution in [0.3, 0.4) is 0 Å². The lowest BCUT2D eigenvalue weighted by Crippen LogP contribution is -2.41. The average molecular weight is 431 g/mol. The van der Waals surface area contributed by atoms with Crippen LogP contribution < -0.4 is 10.1 Å². The highest BCUT2D eigenvalue weighted by atomic mass is 79.9. The number of nitrogens with zero attached hydrogens (tertiary/aromatic N) is 1. The maximum absolute atomic E-state index is 12.9. The second-order valence-electron chi connectivity index (χ2n) is 6.31. The number of nitrogens with one attached hydrogen (secondary N) is 1. The van der Waals surface area contributed by atoms with Crippen molar-refractivity contribution in [2.75, 3.05) is 13.2 Å². The lowest BCUT2D eigenvalue weighted by Gasteiger charge is -2.23. The lowest BCUT2D eigenvalue weighted by atomic mass is 9.92. The van der Waals surface area contributed by atoms with Gasteiger partial charge < -0.3 is 10.1 Å². The summed E-state index contributed by atoms with van der Waals surface area (Å²) in [4.78, 5) is 38.9. The number of amides is 3. The van der Waals surface area contributed by atoms with Gasteiger partial charge in [0, 0.05) is 15.6 Å². The zero-order valence-electron chi connectivity index (χ0n) is 15.0. The van der Waals surface area contributed by atoms with Gasteiger partial charge in [-0.3, -0.25) is 14.5 Å². The maximum Gasteiger partial charge on any atom is 0.325 e. The number of imide groups is 1. The van der Waals surface area contributed by atoms with Crippen molar-refractivity contribution in [2.45, 2.75) is 19.4 Å². The van der Waals surface area contributed by atoms with E-state index in [0.717, 1.165) is 4.90 Å². The van der Waals surface area contributed by atoms with Gasteiger partial charge in [-0.25, -0.2) is 4.79 Å². The summed E-state index contributed by atoms with van der Waals surface area (Å²) in [5.74, 6) is -0.123.